The van der Waals surface area contributed by atoms with Crippen molar-refractivity contribution in [2.24, 2.45) is 5.18 Å². The predicted molar refractivity (Wildman–Crippen MR) is 127 cm³/mol. The van der Waals surface area contributed by atoms with E-state index in [0.717, 1.165) is 43.2 Å². The highest BCUT2D eigenvalue weighted by Gasteiger charge is 2.23. The summed E-state index contributed by atoms with van der Waals surface area (Å²) < 4.78 is 7.35. The number of hydrogen-bond donors (Lipinski definition) is 2. The lowest BCUT2D eigenvalue weighted by molar-refractivity contribution is -0.119. The Hall–Kier alpha value is -3.64. The molecule has 0 unspecified atom stereocenters. The number of fused-ring (bicyclic) bond motifs is 5. The third kappa shape index (κ3) is 4.80. The number of carbonyl (C=O) groups excluding carboxylic acids is 1. The van der Waals surface area contributed by atoms with Gasteiger partial charge in [-0.3, -0.25) is 19.1 Å². The Bertz CT molecular complexity index is 1330. The van der Waals surface area contributed by atoms with Gasteiger partial charge in [0.15, 0.2) is 11.5 Å². The zero-order valence-corrected chi connectivity index (χ0v) is 19.5. The van der Waals surface area contributed by atoms with Gasteiger partial charge in [-0.05, 0) is 54.4 Å². The molecule has 1 amide bonds. The lowest BCUT2D eigenvalue weighted by Gasteiger charge is -2.29. The maximum Gasteiger partial charge on any atom is 0.328 e. The molecule has 2 N–H and O–H groups in total. The predicted octanol–water partition coefficient (Wildman–Crippen LogP) is 1.90. The molecule has 2 aliphatic rings. The number of aromatic nitrogens is 4. The fourth-order valence-electron chi connectivity index (χ4n) is 4.92. The van der Waals surface area contributed by atoms with E-state index in [2.05, 4.69) is 37.7 Å². The molecule has 0 spiro atoms. The van der Waals surface area contributed by atoms with E-state index in [-0.39, 0.29) is 18.2 Å². The average molecular weight is 482 g/mol. The first-order chi connectivity index (χ1) is 17.1. The number of nitroso groups, excluding NO2 is 1. The van der Waals surface area contributed by atoms with Crippen LogP contribution in [0.15, 0.2) is 22.1 Å². The van der Waals surface area contributed by atoms with E-state index in [4.69, 9.17) is 9.57 Å². The van der Waals surface area contributed by atoms with Crippen LogP contribution in [-0.4, -0.2) is 57.1 Å². The Morgan fingerprint density at radius 3 is 2.89 bits per heavy atom. The molecule has 0 aliphatic carbocycles. The quantitative estimate of drug-likeness (QED) is 0.422. The van der Waals surface area contributed by atoms with E-state index in [1.807, 2.05) is 4.90 Å². The van der Waals surface area contributed by atoms with Crippen molar-refractivity contribution in [1.29, 1.82) is 0 Å². The lowest BCUT2D eigenvalue weighted by Crippen LogP contribution is -2.35. The maximum atomic E-state index is 12.9. The van der Waals surface area contributed by atoms with Gasteiger partial charge in [-0.25, -0.2) is 10.3 Å². The Kier molecular flexibility index (Phi) is 6.55. The second-order valence-corrected chi connectivity index (χ2v) is 8.87. The van der Waals surface area contributed by atoms with E-state index >= 15 is 0 Å². The van der Waals surface area contributed by atoms with Crippen molar-refractivity contribution < 1.29 is 14.4 Å². The van der Waals surface area contributed by atoms with Crippen LogP contribution >= 0.6 is 0 Å². The SMILES string of the molecule is CONc1nc2nc3c1[nH]c(=O)n3Cc1cc(c3c(c1)CN(CC(=O)N=O)CC3)CCCCCO2. The number of anilines is 1. The van der Waals surface area contributed by atoms with E-state index in [9.17, 15) is 14.5 Å². The summed E-state index contributed by atoms with van der Waals surface area (Å²) in [5.74, 6) is -0.339. The molecule has 0 atom stereocenters. The first-order valence-electron chi connectivity index (χ1n) is 11.7. The van der Waals surface area contributed by atoms with Crippen LogP contribution in [0, 0.1) is 4.91 Å². The first kappa shape index (κ1) is 23.1. The molecule has 1 aromatic carbocycles. The third-order valence-corrected chi connectivity index (χ3v) is 6.49. The van der Waals surface area contributed by atoms with Gasteiger partial charge in [0.2, 0.25) is 0 Å². The van der Waals surface area contributed by atoms with E-state index < -0.39 is 5.91 Å². The van der Waals surface area contributed by atoms with Crippen molar-refractivity contribution in [3.05, 3.63) is 49.8 Å². The minimum atomic E-state index is -0.664. The highest BCUT2D eigenvalue weighted by Crippen LogP contribution is 2.28. The number of nitrogens with one attached hydrogen (secondary N) is 2. The van der Waals surface area contributed by atoms with Gasteiger partial charge in [-0.2, -0.15) is 9.97 Å². The summed E-state index contributed by atoms with van der Waals surface area (Å²) in [5, 5.41) is 2.54. The number of carbonyl (C=O) groups is 1. The third-order valence-electron chi connectivity index (χ3n) is 6.49. The summed E-state index contributed by atoms with van der Waals surface area (Å²) in [6.45, 7) is 2.04. The van der Waals surface area contributed by atoms with Gasteiger partial charge in [0.1, 0.15) is 5.52 Å². The van der Waals surface area contributed by atoms with Crippen LogP contribution in [0.5, 0.6) is 6.01 Å². The van der Waals surface area contributed by atoms with Gasteiger partial charge < -0.3 is 9.72 Å². The second-order valence-electron chi connectivity index (χ2n) is 8.87. The average Bonchev–Trinajstić information content (AvgIpc) is 3.16. The van der Waals surface area contributed by atoms with Crippen molar-refractivity contribution >= 4 is 22.9 Å². The largest absolute Gasteiger partial charge is 0.463 e. The molecule has 3 aromatic rings. The zero-order valence-electron chi connectivity index (χ0n) is 19.5. The second kappa shape index (κ2) is 9.92. The van der Waals surface area contributed by atoms with E-state index in [1.54, 1.807) is 4.57 Å². The van der Waals surface area contributed by atoms with Crippen molar-refractivity contribution in [3.8, 4) is 6.01 Å². The van der Waals surface area contributed by atoms with Crippen LogP contribution in [0.3, 0.4) is 0 Å². The lowest BCUT2D eigenvalue weighted by atomic mass is 9.89. The summed E-state index contributed by atoms with van der Waals surface area (Å²) in [6.07, 6.45) is 4.57. The normalized spacial score (nSPS) is 16.4. The van der Waals surface area contributed by atoms with Crippen LogP contribution in [0.1, 0.15) is 41.5 Å². The summed E-state index contributed by atoms with van der Waals surface area (Å²) in [7, 11) is 1.46. The Labute approximate surface area is 200 Å². The number of hydrogen-bond acceptors (Lipinski definition) is 9. The van der Waals surface area contributed by atoms with Gasteiger partial charge in [0.05, 0.1) is 26.8 Å². The Morgan fingerprint density at radius 2 is 2.06 bits per heavy atom. The standard InChI is InChI=1S/C23H27N7O5/c1-34-28-20-19-21-26-22(25-20)35-8-4-2-3-5-15-9-14(11-30(21)23(32)24-19)10-16-12-29(7-6-17(15)16)13-18(31)27-33/h9-10H,2-8,11-13H2,1H3,(H,24,32)(H,25,26,28). The fraction of sp³-hybridized carbons (Fsp3) is 0.478. The minimum absolute atomic E-state index is 0.0133. The molecular formula is C23H27N7O5. The van der Waals surface area contributed by atoms with Crippen molar-refractivity contribution in [3.63, 3.8) is 0 Å². The zero-order chi connectivity index (χ0) is 24.4. The summed E-state index contributed by atoms with van der Waals surface area (Å²) in [6, 6.07) is 4.43. The maximum absolute atomic E-state index is 12.9. The molecule has 4 bridgehead atoms. The van der Waals surface area contributed by atoms with Crippen molar-refractivity contribution in [2.45, 2.75) is 45.2 Å². The van der Waals surface area contributed by atoms with Gasteiger partial charge in [-0.1, -0.05) is 12.1 Å². The highest BCUT2D eigenvalue weighted by molar-refractivity contribution is 5.83. The number of H-pyrrole nitrogens is 1. The van der Waals surface area contributed by atoms with Crippen LogP contribution in [-0.2, 0) is 35.6 Å². The molecule has 5 rings (SSSR count). The Morgan fingerprint density at radius 1 is 1.20 bits per heavy atom. The van der Waals surface area contributed by atoms with Crippen LogP contribution in [0.25, 0.3) is 11.2 Å². The van der Waals surface area contributed by atoms with E-state index in [1.165, 1.54) is 18.2 Å². The van der Waals surface area contributed by atoms with E-state index in [0.29, 0.717) is 43.2 Å². The number of aryl methyl sites for hydroxylation is 1. The molecule has 0 saturated carbocycles. The summed E-state index contributed by atoms with van der Waals surface area (Å²) >= 11 is 0. The number of imidazole rings is 1. The van der Waals surface area contributed by atoms with Crippen LogP contribution < -0.4 is 15.9 Å². The smallest absolute Gasteiger partial charge is 0.328 e. The molecule has 2 aromatic heterocycles. The number of amides is 1. The minimum Gasteiger partial charge on any atom is -0.463 e. The van der Waals surface area contributed by atoms with Gasteiger partial charge in [0, 0.05) is 18.3 Å². The van der Waals surface area contributed by atoms with Crippen molar-refractivity contribution in [2.75, 3.05) is 32.3 Å². The molecule has 35 heavy (non-hydrogen) atoms. The van der Waals surface area contributed by atoms with Crippen LogP contribution in [0.2, 0.25) is 0 Å². The molecule has 2 aliphatic heterocycles. The first-order valence-corrected chi connectivity index (χ1v) is 11.7. The fourth-order valence-corrected chi connectivity index (χ4v) is 4.92. The number of rotatable bonds is 4. The van der Waals surface area contributed by atoms with Crippen LogP contribution in [0.4, 0.5) is 5.82 Å². The molecule has 184 valence electrons. The van der Waals surface area contributed by atoms with Gasteiger partial charge in [0.25, 0.3) is 5.91 Å². The Balaban J connectivity index is 1.58. The molecular weight excluding hydrogens is 454 g/mol. The molecule has 12 nitrogen and oxygen atoms in total. The molecule has 0 fully saturated rings. The molecule has 0 saturated heterocycles. The summed E-state index contributed by atoms with van der Waals surface area (Å²) in [4.78, 5) is 53.8. The van der Waals surface area contributed by atoms with Gasteiger partial charge >= 0.3 is 11.7 Å². The molecule has 12 heteroatoms. The summed E-state index contributed by atoms with van der Waals surface area (Å²) in [5.41, 5.74) is 7.86. The number of aromatic amines is 1. The molecule has 4 heterocycles. The highest BCUT2D eigenvalue weighted by atomic mass is 16.6. The molecule has 0 radical (unpaired) electrons. The number of benzene rings is 1. The van der Waals surface area contributed by atoms with Crippen molar-refractivity contribution in [1.82, 2.24) is 24.4 Å². The van der Waals surface area contributed by atoms with Gasteiger partial charge in [-0.15, -0.1) is 4.91 Å². The number of nitrogens with zero attached hydrogens (tertiary/aromatic N) is 5. The topological polar surface area (TPSA) is 144 Å². The number of ether oxygens (including phenoxy) is 1. The monoisotopic (exact) mass is 481 g/mol.